The van der Waals surface area contributed by atoms with E-state index in [-0.39, 0.29) is 17.9 Å². The molecule has 1 saturated heterocycles. The van der Waals surface area contributed by atoms with Crippen molar-refractivity contribution in [2.24, 2.45) is 0 Å². The van der Waals surface area contributed by atoms with E-state index in [2.05, 4.69) is 15.1 Å². The van der Waals surface area contributed by atoms with Gasteiger partial charge in [0.2, 0.25) is 5.89 Å². The molecule has 1 amide bonds. The van der Waals surface area contributed by atoms with Crippen molar-refractivity contribution in [1.29, 1.82) is 0 Å². The first kappa shape index (κ1) is 17.6. The molecule has 27 heavy (non-hydrogen) atoms. The molecule has 1 aliphatic heterocycles. The molecular formula is C20H22N4O3. The highest BCUT2D eigenvalue weighted by atomic mass is 16.5. The van der Waals surface area contributed by atoms with Gasteiger partial charge < -0.3 is 14.2 Å². The molecule has 0 saturated carbocycles. The Labute approximate surface area is 157 Å². The number of aryl methyl sites for hydroxylation is 1. The van der Waals surface area contributed by atoms with Gasteiger partial charge in [-0.1, -0.05) is 37.2 Å². The lowest BCUT2D eigenvalue weighted by Crippen LogP contribution is -2.44. The number of nitrogens with zero attached hydrogens (tertiary/aromatic N) is 4. The summed E-state index contributed by atoms with van der Waals surface area (Å²) in [5.74, 6) is 1.11. The number of ether oxygens (including phenoxy) is 1. The highest BCUT2D eigenvalue weighted by molar-refractivity contribution is 6.06. The fourth-order valence-corrected chi connectivity index (χ4v) is 3.32. The normalized spacial score (nSPS) is 17.6. The highest BCUT2D eigenvalue weighted by Crippen LogP contribution is 2.28. The first-order valence-corrected chi connectivity index (χ1v) is 9.13. The molecule has 1 aromatic carbocycles. The van der Waals surface area contributed by atoms with Crippen molar-refractivity contribution in [2.75, 3.05) is 19.8 Å². The minimum atomic E-state index is -0.366. The fraction of sp³-hybridized carbons (Fsp3) is 0.400. The Morgan fingerprint density at radius 2 is 2.07 bits per heavy atom. The van der Waals surface area contributed by atoms with Crippen molar-refractivity contribution in [3.8, 4) is 0 Å². The predicted molar refractivity (Wildman–Crippen MR) is 99.5 cm³/mol. The summed E-state index contributed by atoms with van der Waals surface area (Å²) in [6, 6.07) is 9.16. The van der Waals surface area contributed by atoms with Crippen molar-refractivity contribution >= 4 is 16.8 Å². The van der Waals surface area contributed by atoms with Crippen molar-refractivity contribution in [3.05, 3.63) is 53.3 Å². The number of carbonyl (C=O) groups excluding carboxylic acids is 1. The number of fused-ring (bicyclic) bond motifs is 1. The van der Waals surface area contributed by atoms with Gasteiger partial charge in [-0.3, -0.25) is 9.78 Å². The van der Waals surface area contributed by atoms with E-state index in [9.17, 15) is 4.79 Å². The van der Waals surface area contributed by atoms with Crippen LogP contribution in [0.3, 0.4) is 0 Å². The Hall–Kier alpha value is -2.80. The van der Waals surface area contributed by atoms with Crippen LogP contribution in [0.4, 0.5) is 0 Å². The molecule has 4 rings (SSSR count). The summed E-state index contributed by atoms with van der Waals surface area (Å²) >= 11 is 0. The van der Waals surface area contributed by atoms with Crippen LogP contribution in [-0.2, 0) is 4.74 Å². The Balaban J connectivity index is 1.73. The van der Waals surface area contributed by atoms with Crippen LogP contribution in [0.15, 0.2) is 34.9 Å². The smallest absolute Gasteiger partial charge is 0.255 e. The summed E-state index contributed by atoms with van der Waals surface area (Å²) in [6.45, 7) is 7.19. The number of carbonyl (C=O) groups is 1. The zero-order valence-electron chi connectivity index (χ0n) is 15.7. The molecule has 3 heterocycles. The van der Waals surface area contributed by atoms with Crippen LogP contribution in [0, 0.1) is 6.92 Å². The Morgan fingerprint density at radius 3 is 2.85 bits per heavy atom. The van der Waals surface area contributed by atoms with Crippen LogP contribution in [0.2, 0.25) is 0 Å². The SMILES string of the molecule is Cc1cc(C(=O)N2CCOC[C@@H]2c2noc(C(C)C)n2)c2ccccc2n1. The average molecular weight is 366 g/mol. The lowest BCUT2D eigenvalue weighted by Gasteiger charge is -2.34. The maximum atomic E-state index is 13.4. The molecule has 7 heteroatoms. The zero-order valence-corrected chi connectivity index (χ0v) is 15.7. The maximum Gasteiger partial charge on any atom is 0.255 e. The van der Waals surface area contributed by atoms with Gasteiger partial charge in [0, 0.05) is 23.5 Å². The Morgan fingerprint density at radius 1 is 1.26 bits per heavy atom. The van der Waals surface area contributed by atoms with Crippen molar-refractivity contribution < 1.29 is 14.1 Å². The van der Waals surface area contributed by atoms with Gasteiger partial charge in [0.25, 0.3) is 5.91 Å². The monoisotopic (exact) mass is 366 g/mol. The number of para-hydroxylation sites is 1. The summed E-state index contributed by atoms with van der Waals surface area (Å²) in [5.41, 5.74) is 2.26. The standard InChI is InChI=1S/C20H22N4O3/c1-12(2)19-22-18(23-27-19)17-11-26-9-8-24(17)20(25)15-10-13(3)21-16-7-5-4-6-14(15)16/h4-7,10,12,17H,8-9,11H2,1-3H3/t17-/m1/s1. The first-order chi connectivity index (χ1) is 13.0. The molecule has 0 radical (unpaired) electrons. The molecule has 0 N–H and O–H groups in total. The second kappa shape index (κ2) is 7.08. The van der Waals surface area contributed by atoms with Crippen LogP contribution < -0.4 is 0 Å². The molecule has 0 bridgehead atoms. The molecule has 2 aromatic heterocycles. The summed E-state index contributed by atoms with van der Waals surface area (Å²) in [4.78, 5) is 24.2. The Bertz CT molecular complexity index is 982. The number of hydrogen-bond acceptors (Lipinski definition) is 6. The van der Waals surface area contributed by atoms with E-state index in [1.807, 2.05) is 51.1 Å². The van der Waals surface area contributed by atoms with Crippen molar-refractivity contribution in [1.82, 2.24) is 20.0 Å². The summed E-state index contributed by atoms with van der Waals surface area (Å²) < 4.78 is 10.9. The summed E-state index contributed by atoms with van der Waals surface area (Å²) in [7, 11) is 0. The molecule has 1 fully saturated rings. The fourth-order valence-electron chi connectivity index (χ4n) is 3.32. The molecular weight excluding hydrogens is 344 g/mol. The molecule has 1 aliphatic rings. The number of rotatable bonds is 3. The molecule has 3 aromatic rings. The van der Waals surface area contributed by atoms with Gasteiger partial charge >= 0.3 is 0 Å². The maximum absolute atomic E-state index is 13.4. The van der Waals surface area contributed by atoms with Crippen LogP contribution >= 0.6 is 0 Å². The second-order valence-corrected chi connectivity index (χ2v) is 7.06. The lowest BCUT2D eigenvalue weighted by molar-refractivity contribution is -0.00567. The topological polar surface area (TPSA) is 81.4 Å². The van der Waals surface area contributed by atoms with Gasteiger partial charge in [-0.15, -0.1) is 0 Å². The second-order valence-electron chi connectivity index (χ2n) is 7.06. The minimum absolute atomic E-state index is 0.0686. The number of hydrogen-bond donors (Lipinski definition) is 0. The number of pyridine rings is 1. The predicted octanol–water partition coefficient (Wildman–Crippen LogP) is 3.26. The van der Waals surface area contributed by atoms with E-state index in [1.165, 1.54) is 0 Å². The van der Waals surface area contributed by atoms with E-state index in [4.69, 9.17) is 9.26 Å². The van der Waals surface area contributed by atoms with Crippen molar-refractivity contribution in [3.63, 3.8) is 0 Å². The van der Waals surface area contributed by atoms with Crippen LogP contribution in [0.5, 0.6) is 0 Å². The van der Waals surface area contributed by atoms with E-state index in [1.54, 1.807) is 4.90 Å². The molecule has 0 unspecified atom stereocenters. The zero-order chi connectivity index (χ0) is 19.0. The minimum Gasteiger partial charge on any atom is -0.377 e. The third-order valence-electron chi connectivity index (χ3n) is 4.71. The van der Waals surface area contributed by atoms with Crippen molar-refractivity contribution in [2.45, 2.75) is 32.7 Å². The summed E-state index contributed by atoms with van der Waals surface area (Å²) in [6.07, 6.45) is 0. The number of aromatic nitrogens is 3. The third-order valence-corrected chi connectivity index (χ3v) is 4.71. The van der Waals surface area contributed by atoms with Gasteiger partial charge in [-0.25, -0.2) is 0 Å². The molecule has 1 atom stereocenters. The lowest BCUT2D eigenvalue weighted by atomic mass is 10.0. The highest BCUT2D eigenvalue weighted by Gasteiger charge is 2.33. The van der Waals surface area contributed by atoms with Gasteiger partial charge in [-0.05, 0) is 19.1 Å². The van der Waals surface area contributed by atoms with Gasteiger partial charge in [0.05, 0.1) is 24.3 Å². The first-order valence-electron chi connectivity index (χ1n) is 9.13. The number of amides is 1. The van der Waals surface area contributed by atoms with E-state index < -0.39 is 0 Å². The largest absolute Gasteiger partial charge is 0.377 e. The average Bonchev–Trinajstić information content (AvgIpc) is 3.17. The number of benzene rings is 1. The van der Waals surface area contributed by atoms with Gasteiger partial charge in [0.15, 0.2) is 5.82 Å². The van der Waals surface area contributed by atoms with Crippen LogP contribution in [0.1, 0.15) is 53.6 Å². The molecule has 0 spiro atoms. The molecule has 7 nitrogen and oxygen atoms in total. The summed E-state index contributed by atoms with van der Waals surface area (Å²) in [5, 5.41) is 4.94. The number of morpholine rings is 1. The van der Waals surface area contributed by atoms with E-state index in [0.29, 0.717) is 37.0 Å². The molecule has 0 aliphatic carbocycles. The van der Waals surface area contributed by atoms with Crippen LogP contribution in [0.25, 0.3) is 10.9 Å². The van der Waals surface area contributed by atoms with E-state index >= 15 is 0 Å². The van der Waals surface area contributed by atoms with Gasteiger partial charge in [-0.2, -0.15) is 4.98 Å². The van der Waals surface area contributed by atoms with Crippen LogP contribution in [-0.4, -0.2) is 45.7 Å². The molecule has 140 valence electrons. The third kappa shape index (κ3) is 3.30. The quantitative estimate of drug-likeness (QED) is 0.708. The Kier molecular flexibility index (Phi) is 4.61. The van der Waals surface area contributed by atoms with Gasteiger partial charge in [0.1, 0.15) is 6.04 Å². The van der Waals surface area contributed by atoms with E-state index in [0.717, 1.165) is 16.6 Å².